The maximum absolute atomic E-state index is 12.0. The second kappa shape index (κ2) is 4.63. The van der Waals surface area contributed by atoms with Gasteiger partial charge in [-0.15, -0.1) is 11.3 Å². The molecule has 0 saturated heterocycles. The zero-order chi connectivity index (χ0) is 12.3. The van der Waals surface area contributed by atoms with Crippen molar-refractivity contribution < 1.29 is 4.79 Å². The molecule has 1 amide bonds. The van der Waals surface area contributed by atoms with Crippen molar-refractivity contribution in [2.45, 2.75) is 19.4 Å². The third-order valence-electron chi connectivity index (χ3n) is 2.34. The fourth-order valence-corrected chi connectivity index (χ4v) is 2.16. The molecular weight excluding hydrogens is 234 g/mol. The molecule has 88 valence electrons. The van der Waals surface area contributed by atoms with Gasteiger partial charge in [0, 0.05) is 29.5 Å². The largest absolute Gasteiger partial charge is 0.341 e. The molecule has 0 unspecified atom stereocenters. The number of aromatic nitrogens is 2. The fraction of sp³-hybridized carbons (Fsp3) is 0.250. The van der Waals surface area contributed by atoms with Crippen LogP contribution in [0, 0.1) is 0 Å². The average Bonchev–Trinajstić information content (AvgIpc) is 2.84. The minimum atomic E-state index is -0.464. The van der Waals surface area contributed by atoms with E-state index in [1.807, 2.05) is 19.2 Å². The van der Waals surface area contributed by atoms with Crippen LogP contribution >= 0.6 is 11.3 Å². The summed E-state index contributed by atoms with van der Waals surface area (Å²) < 4.78 is 0. The zero-order valence-electron chi connectivity index (χ0n) is 9.68. The van der Waals surface area contributed by atoms with Crippen molar-refractivity contribution in [2.75, 3.05) is 0 Å². The number of carbonyl (C=O) groups excluding carboxylic acids is 1. The lowest BCUT2D eigenvalue weighted by molar-refractivity contribution is 0.0912. The minimum absolute atomic E-state index is 0.118. The highest BCUT2D eigenvalue weighted by Gasteiger charge is 2.25. The average molecular weight is 247 g/mol. The van der Waals surface area contributed by atoms with E-state index in [0.717, 1.165) is 5.01 Å². The number of nitrogens with zero attached hydrogens (tertiary/aromatic N) is 2. The second-order valence-corrected chi connectivity index (χ2v) is 5.05. The molecule has 2 heterocycles. The summed E-state index contributed by atoms with van der Waals surface area (Å²) in [5.41, 5.74) is 0.138. The maximum Gasteiger partial charge on any atom is 0.252 e. The number of hydrogen-bond acceptors (Lipinski definition) is 4. The highest BCUT2D eigenvalue weighted by Crippen LogP contribution is 2.22. The number of hydrogen-bond donors (Lipinski definition) is 1. The summed E-state index contributed by atoms with van der Waals surface area (Å²) in [6.07, 6.45) is 4.94. The van der Waals surface area contributed by atoms with Crippen molar-refractivity contribution in [3.8, 4) is 0 Å². The van der Waals surface area contributed by atoms with Gasteiger partial charge in [-0.25, -0.2) is 4.98 Å². The molecule has 0 aromatic carbocycles. The standard InChI is InChI=1S/C12H13N3OS/c1-12(2,11-14-7-8-17-11)15-10(16)9-3-5-13-6-4-9/h3-8H,1-2H3,(H,15,16). The number of nitrogens with one attached hydrogen (secondary N) is 1. The van der Waals surface area contributed by atoms with Gasteiger partial charge < -0.3 is 5.32 Å². The van der Waals surface area contributed by atoms with E-state index in [-0.39, 0.29) is 5.91 Å². The summed E-state index contributed by atoms with van der Waals surface area (Å²) in [6.45, 7) is 3.87. The Balaban J connectivity index is 2.14. The number of amides is 1. The third kappa shape index (κ3) is 2.68. The lowest BCUT2D eigenvalue weighted by Crippen LogP contribution is -2.40. The van der Waals surface area contributed by atoms with Gasteiger partial charge in [0.15, 0.2) is 0 Å². The summed E-state index contributed by atoms with van der Waals surface area (Å²) >= 11 is 1.53. The maximum atomic E-state index is 12.0. The summed E-state index contributed by atoms with van der Waals surface area (Å²) in [6, 6.07) is 3.38. The molecular formula is C12H13N3OS. The van der Waals surface area contributed by atoms with E-state index in [0.29, 0.717) is 5.56 Å². The van der Waals surface area contributed by atoms with Crippen LogP contribution in [0.5, 0.6) is 0 Å². The number of thiazole rings is 1. The van der Waals surface area contributed by atoms with E-state index >= 15 is 0 Å². The quantitative estimate of drug-likeness (QED) is 0.904. The topological polar surface area (TPSA) is 54.9 Å². The van der Waals surface area contributed by atoms with Crippen molar-refractivity contribution in [3.63, 3.8) is 0 Å². The Morgan fingerprint density at radius 1 is 1.29 bits per heavy atom. The summed E-state index contributed by atoms with van der Waals surface area (Å²) in [5, 5.41) is 5.74. The SMILES string of the molecule is CC(C)(NC(=O)c1ccncc1)c1nccs1. The monoisotopic (exact) mass is 247 g/mol. The molecule has 0 bridgehead atoms. The molecule has 5 heteroatoms. The van der Waals surface area contributed by atoms with Gasteiger partial charge in [0.2, 0.25) is 0 Å². The summed E-state index contributed by atoms with van der Waals surface area (Å²) in [4.78, 5) is 20.1. The molecule has 0 radical (unpaired) electrons. The molecule has 0 aliphatic rings. The molecule has 2 rings (SSSR count). The van der Waals surface area contributed by atoms with Crippen LogP contribution in [0.1, 0.15) is 29.2 Å². The molecule has 2 aromatic rings. The Morgan fingerprint density at radius 3 is 2.59 bits per heavy atom. The molecule has 17 heavy (non-hydrogen) atoms. The number of carbonyl (C=O) groups is 1. The smallest absolute Gasteiger partial charge is 0.252 e. The van der Waals surface area contributed by atoms with Crippen LogP contribution in [-0.4, -0.2) is 15.9 Å². The predicted molar refractivity (Wildman–Crippen MR) is 66.8 cm³/mol. The minimum Gasteiger partial charge on any atom is -0.341 e. The Bertz CT molecular complexity index is 494. The Hall–Kier alpha value is -1.75. The van der Waals surface area contributed by atoms with E-state index in [4.69, 9.17) is 0 Å². The van der Waals surface area contributed by atoms with Gasteiger partial charge in [0.1, 0.15) is 5.01 Å². The highest BCUT2D eigenvalue weighted by molar-refractivity contribution is 7.09. The third-order valence-corrected chi connectivity index (χ3v) is 3.43. The molecule has 0 aliphatic carbocycles. The molecule has 1 N–H and O–H groups in total. The van der Waals surface area contributed by atoms with E-state index < -0.39 is 5.54 Å². The first-order valence-corrected chi connectivity index (χ1v) is 6.10. The first kappa shape index (κ1) is 11.7. The van der Waals surface area contributed by atoms with Gasteiger partial charge in [0.25, 0.3) is 5.91 Å². The van der Waals surface area contributed by atoms with Crippen molar-refractivity contribution in [3.05, 3.63) is 46.7 Å². The van der Waals surface area contributed by atoms with E-state index in [1.165, 1.54) is 11.3 Å². The van der Waals surface area contributed by atoms with Crippen molar-refractivity contribution in [1.29, 1.82) is 0 Å². The fourth-order valence-electron chi connectivity index (χ4n) is 1.44. The van der Waals surface area contributed by atoms with Crippen LogP contribution in [0.3, 0.4) is 0 Å². The molecule has 2 aromatic heterocycles. The zero-order valence-corrected chi connectivity index (χ0v) is 10.5. The Kier molecular flexibility index (Phi) is 3.19. The highest BCUT2D eigenvalue weighted by atomic mass is 32.1. The lowest BCUT2D eigenvalue weighted by atomic mass is 10.1. The molecule has 0 fully saturated rings. The molecule has 0 atom stereocenters. The van der Waals surface area contributed by atoms with Crippen LogP contribution in [0.15, 0.2) is 36.1 Å². The second-order valence-electron chi connectivity index (χ2n) is 4.15. The van der Waals surface area contributed by atoms with Crippen molar-refractivity contribution in [2.24, 2.45) is 0 Å². The molecule has 4 nitrogen and oxygen atoms in total. The van der Waals surface area contributed by atoms with Gasteiger partial charge in [-0.2, -0.15) is 0 Å². The molecule has 0 aliphatic heterocycles. The van der Waals surface area contributed by atoms with Gasteiger partial charge in [-0.1, -0.05) is 0 Å². The Labute approximate surface area is 104 Å². The van der Waals surface area contributed by atoms with Crippen LogP contribution in [0.25, 0.3) is 0 Å². The van der Waals surface area contributed by atoms with E-state index in [2.05, 4.69) is 15.3 Å². The van der Waals surface area contributed by atoms with E-state index in [9.17, 15) is 4.79 Å². The normalized spacial score (nSPS) is 11.2. The molecule has 0 saturated carbocycles. The van der Waals surface area contributed by atoms with Crippen LogP contribution in [0.2, 0.25) is 0 Å². The summed E-state index contributed by atoms with van der Waals surface area (Å²) in [5.74, 6) is -0.118. The predicted octanol–water partition coefficient (Wildman–Crippen LogP) is 2.20. The van der Waals surface area contributed by atoms with Gasteiger partial charge in [-0.05, 0) is 26.0 Å². The molecule has 0 spiro atoms. The Morgan fingerprint density at radius 2 is 2.00 bits per heavy atom. The van der Waals surface area contributed by atoms with Crippen molar-refractivity contribution in [1.82, 2.24) is 15.3 Å². The number of rotatable bonds is 3. The van der Waals surface area contributed by atoms with Gasteiger partial charge in [0.05, 0.1) is 5.54 Å². The lowest BCUT2D eigenvalue weighted by Gasteiger charge is -2.23. The van der Waals surface area contributed by atoms with Gasteiger partial charge >= 0.3 is 0 Å². The summed E-state index contributed by atoms with van der Waals surface area (Å²) in [7, 11) is 0. The number of pyridine rings is 1. The van der Waals surface area contributed by atoms with Crippen LogP contribution in [-0.2, 0) is 5.54 Å². The van der Waals surface area contributed by atoms with Gasteiger partial charge in [-0.3, -0.25) is 9.78 Å². The van der Waals surface area contributed by atoms with Crippen LogP contribution < -0.4 is 5.32 Å². The van der Waals surface area contributed by atoms with Crippen molar-refractivity contribution >= 4 is 17.2 Å². The first-order chi connectivity index (χ1) is 8.09. The first-order valence-electron chi connectivity index (χ1n) is 5.22. The van der Waals surface area contributed by atoms with Crippen LogP contribution in [0.4, 0.5) is 0 Å². The van der Waals surface area contributed by atoms with E-state index in [1.54, 1.807) is 30.7 Å².